The predicted molar refractivity (Wildman–Crippen MR) is 184 cm³/mol. The number of benzene rings is 2. The van der Waals surface area contributed by atoms with Gasteiger partial charge in [-0.3, -0.25) is 14.4 Å². The van der Waals surface area contributed by atoms with Crippen molar-refractivity contribution in [2.45, 2.75) is 58.7 Å². The Morgan fingerprint density at radius 1 is 0.812 bits per heavy atom. The van der Waals surface area contributed by atoms with Crippen LogP contribution in [0.1, 0.15) is 55.5 Å². The van der Waals surface area contributed by atoms with Gasteiger partial charge in [-0.25, -0.2) is 0 Å². The Kier molecular flexibility index (Phi) is 10.4. The summed E-state index contributed by atoms with van der Waals surface area (Å²) in [6.45, 7) is 6.33. The van der Waals surface area contributed by atoms with Crippen molar-refractivity contribution in [2.75, 3.05) is 47.4 Å². The molecule has 1 aliphatic heterocycles. The Labute approximate surface area is 281 Å². The molecule has 0 aromatic heterocycles. The molecule has 0 saturated heterocycles. The van der Waals surface area contributed by atoms with Crippen LogP contribution in [0.25, 0.3) is 11.1 Å². The number of aryl methyl sites for hydroxylation is 1. The third kappa shape index (κ3) is 6.58. The van der Waals surface area contributed by atoms with Gasteiger partial charge in [0.1, 0.15) is 6.04 Å². The largest absolute Gasteiger partial charge is 0.493 e. The molecule has 0 spiro atoms. The number of fused-ring (bicyclic) bond motifs is 4. The predicted octanol–water partition coefficient (Wildman–Crippen LogP) is 4.90. The number of carbonyl (C=O) groups is 2. The van der Waals surface area contributed by atoms with Crippen LogP contribution < -0.4 is 39.7 Å². The van der Waals surface area contributed by atoms with Gasteiger partial charge in [0.05, 0.1) is 47.3 Å². The van der Waals surface area contributed by atoms with E-state index < -0.39 is 12.1 Å². The molecule has 0 saturated carbocycles. The zero-order chi connectivity index (χ0) is 34.7. The van der Waals surface area contributed by atoms with E-state index >= 15 is 0 Å². The van der Waals surface area contributed by atoms with Gasteiger partial charge in [-0.05, 0) is 83.3 Å². The fourth-order valence-corrected chi connectivity index (χ4v) is 6.78. The molecule has 2 atom stereocenters. The normalized spacial score (nSPS) is 15.6. The third-order valence-electron chi connectivity index (χ3n) is 9.19. The van der Waals surface area contributed by atoms with Gasteiger partial charge in [0.25, 0.3) is 0 Å². The van der Waals surface area contributed by atoms with E-state index in [1.807, 2.05) is 43.0 Å². The standard InChI is InChI=1S/C37H45N3O8/c1-20(2)34(37(43)40-14-13-22-15-30(44-4)31(45-5)17-24(22)19-40)39-28-12-10-25-26(18-29(28)42)27(38-21(3)41)11-9-23-16-32(46-6)35(47-7)36(48-8)33(23)25/h10,12,15-18,20,27,34H,9,11,13-14,19H2,1-8H3,(H,38,41)(H,39,42)/t27-,34+/m1/s1. The Hall–Kier alpha value is -4.93. The molecule has 3 aromatic rings. The van der Waals surface area contributed by atoms with Crippen molar-refractivity contribution in [3.63, 3.8) is 0 Å². The minimum atomic E-state index is -0.668. The number of ether oxygens (including phenoxy) is 5. The van der Waals surface area contributed by atoms with Crippen LogP contribution in [0.2, 0.25) is 0 Å². The van der Waals surface area contributed by atoms with Crippen LogP contribution in [-0.2, 0) is 29.0 Å². The lowest BCUT2D eigenvalue weighted by atomic mass is 9.95. The molecule has 2 N–H and O–H groups in total. The smallest absolute Gasteiger partial charge is 0.245 e. The fourth-order valence-electron chi connectivity index (χ4n) is 6.78. The van der Waals surface area contributed by atoms with E-state index in [0.717, 1.165) is 22.3 Å². The van der Waals surface area contributed by atoms with Crippen molar-refractivity contribution >= 4 is 17.5 Å². The number of anilines is 1. The number of amides is 2. The molecule has 2 aliphatic rings. The SMILES string of the molecule is COc1cc2c(cc1OC)CN(C(=O)[C@@H](Nc1ccc3c(cc1=O)[C@H](NC(C)=O)CCc1cc(OC)c(OC)c(OC)c1-3)C(C)C)CC2. The number of carbonyl (C=O) groups excluding carboxylic acids is 2. The second-order valence-corrected chi connectivity index (χ2v) is 12.4. The topological polar surface area (TPSA) is 125 Å². The molecule has 3 aromatic carbocycles. The highest BCUT2D eigenvalue weighted by atomic mass is 16.5. The monoisotopic (exact) mass is 659 g/mol. The minimum absolute atomic E-state index is 0.0992. The number of hydrogen-bond acceptors (Lipinski definition) is 9. The van der Waals surface area contributed by atoms with Crippen LogP contribution in [-0.4, -0.2) is 64.8 Å². The van der Waals surface area contributed by atoms with Gasteiger partial charge in [0.2, 0.25) is 23.0 Å². The van der Waals surface area contributed by atoms with Crippen molar-refractivity contribution in [1.29, 1.82) is 0 Å². The highest BCUT2D eigenvalue weighted by Crippen LogP contribution is 2.50. The molecule has 11 heteroatoms. The van der Waals surface area contributed by atoms with Crippen molar-refractivity contribution in [2.24, 2.45) is 5.92 Å². The van der Waals surface area contributed by atoms with Crippen LogP contribution in [0.15, 0.2) is 41.2 Å². The maximum Gasteiger partial charge on any atom is 0.245 e. The lowest BCUT2D eigenvalue weighted by Crippen LogP contribution is -2.47. The first-order chi connectivity index (χ1) is 23.0. The maximum atomic E-state index is 14.1. The lowest BCUT2D eigenvalue weighted by Gasteiger charge is -2.34. The summed E-state index contributed by atoms with van der Waals surface area (Å²) in [6.07, 6.45) is 1.81. The Bertz CT molecular complexity index is 1770. The lowest BCUT2D eigenvalue weighted by molar-refractivity contribution is -0.133. The average molecular weight is 660 g/mol. The summed E-state index contributed by atoms with van der Waals surface area (Å²) in [6, 6.07) is 9.82. The molecule has 5 rings (SSSR count). The summed E-state index contributed by atoms with van der Waals surface area (Å²) < 4.78 is 28.2. The van der Waals surface area contributed by atoms with Gasteiger partial charge >= 0.3 is 0 Å². The number of nitrogens with one attached hydrogen (secondary N) is 2. The second-order valence-electron chi connectivity index (χ2n) is 12.4. The zero-order valence-electron chi connectivity index (χ0n) is 28.9. The van der Waals surface area contributed by atoms with E-state index in [1.54, 1.807) is 47.7 Å². The van der Waals surface area contributed by atoms with Gasteiger partial charge in [-0.1, -0.05) is 19.9 Å². The summed E-state index contributed by atoms with van der Waals surface area (Å²) in [5.74, 6) is 2.27. The summed E-state index contributed by atoms with van der Waals surface area (Å²) >= 11 is 0. The highest BCUT2D eigenvalue weighted by Gasteiger charge is 2.32. The molecular weight excluding hydrogens is 614 g/mol. The molecule has 0 fully saturated rings. The van der Waals surface area contributed by atoms with E-state index in [0.29, 0.717) is 72.2 Å². The number of methoxy groups -OCH3 is 5. The van der Waals surface area contributed by atoms with Crippen LogP contribution in [0.4, 0.5) is 5.69 Å². The van der Waals surface area contributed by atoms with Gasteiger partial charge in [0, 0.05) is 25.6 Å². The fraction of sp³-hybridized carbons (Fsp3) is 0.432. The number of rotatable bonds is 10. The average Bonchev–Trinajstić information content (AvgIpc) is 3.32. The van der Waals surface area contributed by atoms with E-state index in [9.17, 15) is 14.4 Å². The van der Waals surface area contributed by atoms with Crippen LogP contribution >= 0.6 is 0 Å². The molecule has 0 unspecified atom stereocenters. The van der Waals surface area contributed by atoms with E-state index in [-0.39, 0.29) is 28.8 Å². The molecule has 0 bridgehead atoms. The summed E-state index contributed by atoms with van der Waals surface area (Å²) in [7, 11) is 7.88. The highest BCUT2D eigenvalue weighted by molar-refractivity contribution is 5.86. The molecule has 2 amide bonds. The third-order valence-corrected chi connectivity index (χ3v) is 9.19. The molecule has 48 heavy (non-hydrogen) atoms. The first-order valence-corrected chi connectivity index (χ1v) is 16.1. The van der Waals surface area contributed by atoms with Crippen LogP contribution in [0.3, 0.4) is 0 Å². The Balaban J connectivity index is 1.55. The second kappa shape index (κ2) is 14.5. The van der Waals surface area contributed by atoms with Crippen molar-refractivity contribution in [3.8, 4) is 39.9 Å². The molecule has 1 heterocycles. The van der Waals surface area contributed by atoms with Crippen molar-refractivity contribution in [3.05, 3.63) is 68.9 Å². The number of hydrogen-bond donors (Lipinski definition) is 2. The summed E-state index contributed by atoms with van der Waals surface area (Å²) in [4.78, 5) is 42.2. The van der Waals surface area contributed by atoms with Gasteiger partial charge in [-0.2, -0.15) is 0 Å². The molecule has 0 radical (unpaired) electrons. The first-order valence-electron chi connectivity index (χ1n) is 16.1. The van der Waals surface area contributed by atoms with Gasteiger partial charge < -0.3 is 39.2 Å². The quantitative estimate of drug-likeness (QED) is 0.313. The minimum Gasteiger partial charge on any atom is -0.493 e. The van der Waals surface area contributed by atoms with Crippen molar-refractivity contribution < 1.29 is 33.3 Å². The molecule has 1 aliphatic carbocycles. The van der Waals surface area contributed by atoms with E-state index in [2.05, 4.69) is 10.6 Å². The maximum absolute atomic E-state index is 14.1. The van der Waals surface area contributed by atoms with Crippen LogP contribution in [0.5, 0.6) is 28.7 Å². The Morgan fingerprint density at radius 2 is 1.46 bits per heavy atom. The van der Waals surface area contributed by atoms with E-state index in [4.69, 9.17) is 23.7 Å². The first kappa shape index (κ1) is 34.4. The molecular formula is C37H45N3O8. The van der Waals surface area contributed by atoms with Gasteiger partial charge in [-0.15, -0.1) is 0 Å². The molecule has 11 nitrogen and oxygen atoms in total. The van der Waals surface area contributed by atoms with Crippen LogP contribution in [0, 0.1) is 5.92 Å². The van der Waals surface area contributed by atoms with Crippen molar-refractivity contribution in [1.82, 2.24) is 10.2 Å². The Morgan fingerprint density at radius 3 is 2.06 bits per heavy atom. The molecule has 256 valence electrons. The zero-order valence-corrected chi connectivity index (χ0v) is 28.9. The number of nitrogens with zero attached hydrogens (tertiary/aromatic N) is 1. The van der Waals surface area contributed by atoms with E-state index in [1.165, 1.54) is 6.92 Å². The summed E-state index contributed by atoms with van der Waals surface area (Å²) in [5.41, 5.74) is 5.15. The summed E-state index contributed by atoms with van der Waals surface area (Å²) in [5, 5.41) is 6.34. The van der Waals surface area contributed by atoms with Gasteiger partial charge in [0.15, 0.2) is 23.0 Å².